The molecule has 0 radical (unpaired) electrons. The minimum Gasteiger partial charge on any atom is -0.444 e. The van der Waals surface area contributed by atoms with Gasteiger partial charge in [-0.3, -0.25) is 4.57 Å². The second-order valence-electron chi connectivity index (χ2n) is 8.08. The van der Waals surface area contributed by atoms with E-state index in [1.54, 1.807) is 4.90 Å². The average molecular weight is 345 g/mol. The van der Waals surface area contributed by atoms with Crippen molar-refractivity contribution in [3.05, 3.63) is 34.2 Å². The third-order valence-electron chi connectivity index (χ3n) is 4.72. The number of amides is 1. The van der Waals surface area contributed by atoms with E-state index in [1.165, 1.54) is 0 Å². The van der Waals surface area contributed by atoms with Crippen LogP contribution in [0.3, 0.4) is 0 Å². The highest BCUT2D eigenvalue weighted by atomic mass is 16.6. The van der Waals surface area contributed by atoms with Gasteiger partial charge < -0.3 is 14.6 Å². The zero-order chi connectivity index (χ0) is 18.4. The van der Waals surface area contributed by atoms with Crippen LogP contribution in [0.4, 0.5) is 4.79 Å². The number of ether oxygens (including phenoxy) is 1. The first-order chi connectivity index (χ1) is 11.7. The van der Waals surface area contributed by atoms with Gasteiger partial charge in [0.05, 0.1) is 11.0 Å². The molecule has 2 aromatic rings. The number of hydrogen-bond acceptors (Lipinski definition) is 3. The summed E-state index contributed by atoms with van der Waals surface area (Å²) in [5.41, 5.74) is 2.34. The number of nitrogens with one attached hydrogen (secondary N) is 1. The summed E-state index contributed by atoms with van der Waals surface area (Å²) in [7, 11) is 0. The molecule has 2 heterocycles. The molecule has 1 aromatic heterocycles. The maximum atomic E-state index is 12.5. The molecule has 0 saturated carbocycles. The molecule has 1 N–H and O–H groups in total. The van der Waals surface area contributed by atoms with Gasteiger partial charge in [0.15, 0.2) is 0 Å². The number of aryl methyl sites for hydroxylation is 1. The van der Waals surface area contributed by atoms with Crippen LogP contribution in [0, 0.1) is 12.8 Å². The molecule has 1 saturated heterocycles. The molecule has 6 heteroatoms. The number of likely N-dealkylation sites (tertiary alicyclic amines) is 1. The number of fused-ring (bicyclic) bond motifs is 1. The summed E-state index contributed by atoms with van der Waals surface area (Å²) >= 11 is 0. The Morgan fingerprint density at radius 1 is 1.32 bits per heavy atom. The fraction of sp³-hybridized carbons (Fsp3) is 0.579. The normalized spacial score (nSPS) is 21.6. The summed E-state index contributed by atoms with van der Waals surface area (Å²) in [6.07, 6.45) is 0.459. The maximum absolute atomic E-state index is 12.5. The number of carbonyl (C=O) groups excluding carboxylic acids is 1. The van der Waals surface area contributed by atoms with Crippen molar-refractivity contribution < 1.29 is 9.53 Å². The highest BCUT2D eigenvalue weighted by molar-refractivity contribution is 5.76. The van der Waals surface area contributed by atoms with Crippen LogP contribution >= 0.6 is 0 Å². The first-order valence-corrected chi connectivity index (χ1v) is 8.84. The van der Waals surface area contributed by atoms with Crippen molar-refractivity contribution in [3.63, 3.8) is 0 Å². The van der Waals surface area contributed by atoms with Crippen LogP contribution in [0.25, 0.3) is 11.0 Å². The Morgan fingerprint density at radius 3 is 2.68 bits per heavy atom. The van der Waals surface area contributed by atoms with Crippen LogP contribution in [0.1, 0.15) is 45.7 Å². The Bertz CT molecular complexity index is 844. The van der Waals surface area contributed by atoms with Crippen molar-refractivity contribution in [1.29, 1.82) is 0 Å². The van der Waals surface area contributed by atoms with Crippen molar-refractivity contribution in [2.24, 2.45) is 5.92 Å². The van der Waals surface area contributed by atoms with Gasteiger partial charge >= 0.3 is 11.8 Å². The maximum Gasteiger partial charge on any atom is 0.410 e. The zero-order valence-corrected chi connectivity index (χ0v) is 15.6. The second kappa shape index (κ2) is 6.24. The van der Waals surface area contributed by atoms with E-state index in [9.17, 15) is 9.59 Å². The quantitative estimate of drug-likeness (QED) is 0.861. The lowest BCUT2D eigenvalue weighted by molar-refractivity contribution is 0.0126. The van der Waals surface area contributed by atoms with E-state index in [0.717, 1.165) is 23.0 Å². The molecule has 1 fully saturated rings. The number of benzene rings is 1. The predicted molar refractivity (Wildman–Crippen MR) is 97.9 cm³/mol. The molecule has 1 amide bonds. The first kappa shape index (κ1) is 17.6. The largest absolute Gasteiger partial charge is 0.444 e. The monoisotopic (exact) mass is 345 g/mol. The van der Waals surface area contributed by atoms with Gasteiger partial charge in [0.2, 0.25) is 0 Å². The Morgan fingerprint density at radius 2 is 2.04 bits per heavy atom. The number of aromatic nitrogens is 2. The van der Waals surface area contributed by atoms with Crippen LogP contribution in [-0.4, -0.2) is 39.2 Å². The zero-order valence-electron chi connectivity index (χ0n) is 15.6. The Hall–Kier alpha value is -2.24. The SMILES string of the molecule is Cc1ccc2[nH]c(=O)n(C3CCN(C(=O)OC(C)(C)C)CC3C)c2c1. The van der Waals surface area contributed by atoms with E-state index < -0.39 is 5.60 Å². The highest BCUT2D eigenvalue weighted by Gasteiger charge is 2.33. The third kappa shape index (κ3) is 3.57. The molecule has 0 spiro atoms. The Labute approximate surface area is 147 Å². The lowest BCUT2D eigenvalue weighted by Gasteiger charge is -2.38. The molecule has 136 valence electrons. The molecule has 1 aromatic carbocycles. The van der Waals surface area contributed by atoms with Crippen LogP contribution in [0.15, 0.2) is 23.0 Å². The van der Waals surface area contributed by atoms with Crippen molar-refractivity contribution >= 4 is 17.1 Å². The van der Waals surface area contributed by atoms with E-state index in [1.807, 2.05) is 50.5 Å². The van der Waals surface area contributed by atoms with E-state index in [4.69, 9.17) is 4.74 Å². The van der Waals surface area contributed by atoms with Gasteiger partial charge in [-0.15, -0.1) is 0 Å². The number of imidazole rings is 1. The lowest BCUT2D eigenvalue weighted by Crippen LogP contribution is -2.46. The molecule has 25 heavy (non-hydrogen) atoms. The molecule has 3 rings (SSSR count). The molecule has 6 nitrogen and oxygen atoms in total. The smallest absolute Gasteiger partial charge is 0.410 e. The Kier molecular flexibility index (Phi) is 4.39. The van der Waals surface area contributed by atoms with E-state index in [-0.39, 0.29) is 23.7 Å². The predicted octanol–water partition coefficient (Wildman–Crippen LogP) is 3.46. The Balaban J connectivity index is 1.83. The van der Waals surface area contributed by atoms with Crippen LogP contribution < -0.4 is 5.69 Å². The molecule has 0 bridgehead atoms. The van der Waals surface area contributed by atoms with Crippen LogP contribution in [-0.2, 0) is 4.74 Å². The summed E-state index contributed by atoms with van der Waals surface area (Å²) in [6.45, 7) is 10.9. The van der Waals surface area contributed by atoms with E-state index in [0.29, 0.717) is 13.1 Å². The molecule has 1 aliphatic heterocycles. The summed E-state index contributed by atoms with van der Waals surface area (Å²) in [5.74, 6) is 0.165. The molecule has 0 aliphatic carbocycles. The van der Waals surface area contributed by atoms with Gasteiger partial charge in [-0.05, 0) is 57.7 Å². The molecular formula is C19H27N3O3. The summed E-state index contributed by atoms with van der Waals surface area (Å²) in [4.78, 5) is 29.5. The number of rotatable bonds is 1. The number of H-pyrrole nitrogens is 1. The first-order valence-electron chi connectivity index (χ1n) is 8.84. The highest BCUT2D eigenvalue weighted by Crippen LogP contribution is 2.30. The average Bonchev–Trinajstić information content (AvgIpc) is 2.81. The van der Waals surface area contributed by atoms with Gasteiger partial charge in [0.25, 0.3) is 0 Å². The number of carbonyl (C=O) groups is 1. The van der Waals surface area contributed by atoms with E-state index >= 15 is 0 Å². The summed E-state index contributed by atoms with van der Waals surface area (Å²) in [5, 5.41) is 0. The topological polar surface area (TPSA) is 67.3 Å². The van der Waals surface area contributed by atoms with Crippen LogP contribution in [0.2, 0.25) is 0 Å². The van der Waals surface area contributed by atoms with E-state index in [2.05, 4.69) is 11.9 Å². The molecule has 2 unspecified atom stereocenters. The number of hydrogen-bond donors (Lipinski definition) is 1. The number of nitrogens with zero attached hydrogens (tertiary/aromatic N) is 2. The lowest BCUT2D eigenvalue weighted by atomic mass is 9.93. The standard InChI is InChI=1S/C19H27N3O3/c1-12-6-7-14-16(10-12)22(17(23)20-14)15-8-9-21(11-13(15)2)18(24)25-19(3,4)5/h6-7,10,13,15H,8-9,11H2,1-5H3,(H,20,23). The van der Waals surface area contributed by atoms with Gasteiger partial charge in [0.1, 0.15) is 5.60 Å². The fourth-order valence-corrected chi connectivity index (χ4v) is 3.57. The summed E-state index contributed by atoms with van der Waals surface area (Å²) in [6, 6.07) is 6.06. The third-order valence-corrected chi connectivity index (χ3v) is 4.72. The fourth-order valence-electron chi connectivity index (χ4n) is 3.57. The summed E-state index contributed by atoms with van der Waals surface area (Å²) < 4.78 is 7.33. The molecular weight excluding hydrogens is 318 g/mol. The second-order valence-corrected chi connectivity index (χ2v) is 8.08. The van der Waals surface area contributed by atoms with Gasteiger partial charge in [0, 0.05) is 19.1 Å². The van der Waals surface area contributed by atoms with Gasteiger partial charge in [-0.25, -0.2) is 9.59 Å². The van der Waals surface area contributed by atoms with Crippen molar-refractivity contribution in [2.75, 3.05) is 13.1 Å². The molecule has 1 aliphatic rings. The molecule has 2 atom stereocenters. The number of piperidine rings is 1. The number of aromatic amines is 1. The minimum absolute atomic E-state index is 0.0711. The van der Waals surface area contributed by atoms with Crippen molar-refractivity contribution in [1.82, 2.24) is 14.5 Å². The van der Waals surface area contributed by atoms with Crippen LogP contribution in [0.5, 0.6) is 0 Å². The van der Waals surface area contributed by atoms with Gasteiger partial charge in [-0.2, -0.15) is 0 Å². The van der Waals surface area contributed by atoms with Crippen molar-refractivity contribution in [2.45, 2.75) is 52.7 Å². The van der Waals surface area contributed by atoms with Gasteiger partial charge in [-0.1, -0.05) is 13.0 Å². The minimum atomic E-state index is -0.498. The van der Waals surface area contributed by atoms with Crippen molar-refractivity contribution in [3.8, 4) is 0 Å².